The molecule has 0 unspecified atom stereocenters. The van der Waals surface area contributed by atoms with Gasteiger partial charge in [0.2, 0.25) is 0 Å². The van der Waals surface area contributed by atoms with Gasteiger partial charge in [0.15, 0.2) is 0 Å². The third-order valence-electron chi connectivity index (χ3n) is 2.55. The van der Waals surface area contributed by atoms with Gasteiger partial charge in [0.05, 0.1) is 0 Å². The predicted molar refractivity (Wildman–Crippen MR) is 53.7 cm³/mol. The van der Waals surface area contributed by atoms with Crippen LogP contribution >= 0.6 is 0 Å². The number of hydrogen-bond donors (Lipinski definition) is 0. The van der Waals surface area contributed by atoms with E-state index in [1.54, 1.807) is 0 Å². The fraction of sp³-hybridized carbons (Fsp3) is 0.333. The Balaban J connectivity index is 2.28. The van der Waals surface area contributed by atoms with Crippen LogP contribution in [0.25, 0.3) is 0 Å². The van der Waals surface area contributed by atoms with Crippen molar-refractivity contribution < 1.29 is 43.5 Å². The normalized spacial score (nSPS) is 20.3. The van der Waals surface area contributed by atoms with Crippen LogP contribution in [0.4, 0.5) is 26.3 Å². The first-order valence-corrected chi connectivity index (χ1v) is 6.99. The van der Waals surface area contributed by atoms with Crippen molar-refractivity contribution in [1.29, 1.82) is 0 Å². The molecule has 2 rings (SSSR count). The molecule has 0 aliphatic heterocycles. The van der Waals surface area contributed by atoms with E-state index in [0.29, 0.717) is 0 Å². The summed E-state index contributed by atoms with van der Waals surface area (Å²) in [7, 11) is 0. The van der Waals surface area contributed by atoms with Crippen LogP contribution < -0.4 is 0 Å². The summed E-state index contributed by atoms with van der Waals surface area (Å²) in [6.07, 6.45) is -4.15. The molecule has 19 heavy (non-hydrogen) atoms. The average molecular weight is 367 g/mol. The number of hydrogen-bond acceptors (Lipinski definition) is 0. The maximum atomic E-state index is 12.7. The number of halogens is 6. The Hall–Kier alpha value is -0.837. The molecular weight excluding hydrogens is 359 g/mol. The van der Waals surface area contributed by atoms with Crippen LogP contribution in [-0.4, -0.2) is 12.4 Å². The summed E-state index contributed by atoms with van der Waals surface area (Å²) in [6.45, 7) is 0. The first kappa shape index (κ1) is 14.6. The number of allylic oxidation sites excluding steroid dienone is 8. The zero-order chi connectivity index (χ0) is 14.3. The van der Waals surface area contributed by atoms with Crippen LogP contribution in [0.3, 0.4) is 0 Å². The maximum absolute atomic E-state index is 12.7. The summed E-state index contributed by atoms with van der Waals surface area (Å²) in [5, 5.41) is 0. The molecule has 0 N–H and O–H groups in total. The molecule has 0 spiro atoms. The summed E-state index contributed by atoms with van der Waals surface area (Å²) in [6, 6.07) is 0. The van der Waals surface area contributed by atoms with Crippen molar-refractivity contribution in [2.45, 2.75) is 25.2 Å². The van der Waals surface area contributed by atoms with Gasteiger partial charge in [-0.25, -0.2) is 0 Å². The Morgan fingerprint density at radius 3 is 1.42 bits per heavy atom. The van der Waals surface area contributed by atoms with E-state index in [1.165, 1.54) is 12.2 Å². The number of rotatable bonds is 2. The monoisotopic (exact) mass is 368 g/mol. The molecule has 0 aromatic carbocycles. The van der Waals surface area contributed by atoms with Crippen LogP contribution in [0.5, 0.6) is 0 Å². The van der Waals surface area contributed by atoms with Crippen molar-refractivity contribution in [2.24, 2.45) is 0 Å². The van der Waals surface area contributed by atoms with Gasteiger partial charge < -0.3 is 0 Å². The number of alkyl halides is 6. The molecule has 0 bridgehead atoms. The topological polar surface area (TPSA) is 0 Å². The average Bonchev–Trinajstić information content (AvgIpc) is 2.83. The van der Waals surface area contributed by atoms with Crippen LogP contribution in [0.1, 0.15) is 12.8 Å². The zero-order valence-corrected chi connectivity index (χ0v) is 11.1. The van der Waals surface area contributed by atoms with E-state index >= 15 is 0 Å². The van der Waals surface area contributed by atoms with Crippen molar-refractivity contribution in [3.05, 3.63) is 43.8 Å². The molecule has 2 aliphatic carbocycles. The molecule has 2 aliphatic rings. The Morgan fingerprint density at radius 1 is 0.737 bits per heavy atom. The van der Waals surface area contributed by atoms with Crippen molar-refractivity contribution in [2.75, 3.05) is 0 Å². The quantitative estimate of drug-likeness (QED) is 0.494. The molecule has 0 nitrogen and oxygen atoms in total. The Morgan fingerprint density at radius 2 is 1.11 bits per heavy atom. The van der Waals surface area contributed by atoms with E-state index in [-0.39, 0.29) is 21.2 Å². The zero-order valence-electron chi connectivity index (χ0n) is 9.34. The molecule has 0 aromatic rings. The van der Waals surface area contributed by atoms with E-state index in [1.807, 2.05) is 0 Å². The fourth-order valence-electron chi connectivity index (χ4n) is 1.74. The van der Waals surface area contributed by atoms with Crippen molar-refractivity contribution in [3.63, 3.8) is 0 Å². The molecule has 7 heteroatoms. The molecular formula is C12H8F6Ru. The van der Waals surface area contributed by atoms with Gasteiger partial charge in [-0.3, -0.25) is 0 Å². The van der Waals surface area contributed by atoms with Crippen molar-refractivity contribution >= 4 is 0 Å². The van der Waals surface area contributed by atoms with E-state index < -0.39 is 40.6 Å². The minimum absolute atomic E-state index is 0.0974. The van der Waals surface area contributed by atoms with Gasteiger partial charge in [-0.2, -0.15) is 0 Å². The van der Waals surface area contributed by atoms with E-state index in [0.717, 1.165) is 12.2 Å². The second kappa shape index (κ2) is 4.93. The fourth-order valence-corrected chi connectivity index (χ4v) is 4.39. The third-order valence-corrected chi connectivity index (χ3v) is 5.24. The molecule has 0 radical (unpaired) electrons. The first-order chi connectivity index (χ1) is 8.69. The van der Waals surface area contributed by atoms with E-state index in [4.69, 9.17) is 0 Å². The molecule has 0 amide bonds. The van der Waals surface area contributed by atoms with Gasteiger partial charge in [0.25, 0.3) is 0 Å². The summed E-state index contributed by atoms with van der Waals surface area (Å²) in [5.74, 6) is 0. The van der Waals surface area contributed by atoms with Crippen molar-refractivity contribution in [1.82, 2.24) is 0 Å². The second-order valence-electron chi connectivity index (χ2n) is 3.90. The third kappa shape index (κ3) is 3.19. The van der Waals surface area contributed by atoms with Gasteiger partial charge in [-0.1, -0.05) is 0 Å². The SMILES string of the molecule is FC(F)(F)C1=[C]([Ru][C]2=C(C(F)(F)F)C=CC2)CC=C1. The van der Waals surface area contributed by atoms with Crippen LogP contribution in [0.2, 0.25) is 0 Å². The molecule has 0 fully saturated rings. The molecule has 106 valence electrons. The van der Waals surface area contributed by atoms with Crippen LogP contribution in [0.15, 0.2) is 43.8 Å². The van der Waals surface area contributed by atoms with Crippen molar-refractivity contribution in [3.8, 4) is 0 Å². The summed E-state index contributed by atoms with van der Waals surface area (Å²) >= 11 is -1.20. The Kier molecular flexibility index (Phi) is 3.78. The Labute approximate surface area is 113 Å². The van der Waals surface area contributed by atoms with Crippen LogP contribution in [0, 0.1) is 0 Å². The van der Waals surface area contributed by atoms with Gasteiger partial charge in [-0.15, -0.1) is 0 Å². The molecule has 0 aromatic heterocycles. The molecule has 0 atom stereocenters. The van der Waals surface area contributed by atoms with E-state index in [2.05, 4.69) is 0 Å². The molecule has 0 heterocycles. The molecule has 0 saturated heterocycles. The second-order valence-corrected chi connectivity index (χ2v) is 6.44. The Bertz CT molecular complexity index is 455. The van der Waals surface area contributed by atoms with Gasteiger partial charge in [0, 0.05) is 0 Å². The standard InChI is InChI=1S/2C6H4F3.Ru/c2*7-6(8,9)5-3-1-2-4-5;/h2*1,3H,2H2;. The minimum atomic E-state index is -4.48. The van der Waals surface area contributed by atoms with Gasteiger partial charge in [-0.05, 0) is 0 Å². The summed E-state index contributed by atoms with van der Waals surface area (Å²) in [4.78, 5) is 0. The van der Waals surface area contributed by atoms with Gasteiger partial charge in [0.1, 0.15) is 0 Å². The summed E-state index contributed by atoms with van der Waals surface area (Å²) < 4.78 is 76.2. The predicted octanol–water partition coefficient (Wildman–Crippen LogP) is 4.62. The first-order valence-electron chi connectivity index (χ1n) is 5.26. The van der Waals surface area contributed by atoms with E-state index in [9.17, 15) is 26.3 Å². The van der Waals surface area contributed by atoms with Gasteiger partial charge >= 0.3 is 112 Å². The summed E-state index contributed by atoms with van der Waals surface area (Å²) in [5.41, 5.74) is -1.54. The van der Waals surface area contributed by atoms with Crippen LogP contribution in [-0.2, 0) is 17.1 Å². The molecule has 0 saturated carbocycles.